The Balaban J connectivity index is 2.00. The van der Waals surface area contributed by atoms with E-state index in [2.05, 4.69) is 17.5 Å². The number of ether oxygens (including phenoxy) is 1. The molecule has 0 fully saturated rings. The maximum atomic E-state index is 12.7. The number of halogens is 3. The quantitative estimate of drug-likeness (QED) is 0.375. The minimum atomic E-state index is -4.37. The van der Waals surface area contributed by atoms with E-state index in [1.165, 1.54) is 18.3 Å². The fourth-order valence-corrected chi connectivity index (χ4v) is 2.19. The van der Waals surface area contributed by atoms with Gasteiger partial charge in [-0.15, -0.1) is 0 Å². The summed E-state index contributed by atoms with van der Waals surface area (Å²) in [5, 5.41) is 4.02. The molecule has 0 amide bonds. The zero-order valence-corrected chi connectivity index (χ0v) is 14.0. The predicted molar refractivity (Wildman–Crippen MR) is 94.1 cm³/mol. The highest BCUT2D eigenvalue weighted by Gasteiger charge is 2.30. The Labute approximate surface area is 145 Å². The molecule has 2 aromatic carbocycles. The zero-order valence-electron chi connectivity index (χ0n) is 14.0. The van der Waals surface area contributed by atoms with Crippen LogP contribution in [0, 0.1) is 0 Å². The van der Waals surface area contributed by atoms with E-state index < -0.39 is 11.7 Å². The number of nitrogens with zero attached hydrogens (tertiary/aromatic N) is 1. The van der Waals surface area contributed by atoms with Gasteiger partial charge in [-0.3, -0.25) is 5.43 Å². The van der Waals surface area contributed by atoms with Crippen LogP contribution in [0.25, 0.3) is 0 Å². The number of hydrogen-bond acceptors (Lipinski definition) is 3. The molecule has 0 bridgehead atoms. The van der Waals surface area contributed by atoms with Crippen molar-refractivity contribution in [1.29, 1.82) is 0 Å². The van der Waals surface area contributed by atoms with Crippen molar-refractivity contribution >= 4 is 11.9 Å². The van der Waals surface area contributed by atoms with E-state index in [0.29, 0.717) is 12.4 Å². The molecule has 0 unspecified atom stereocenters. The van der Waals surface area contributed by atoms with E-state index in [4.69, 9.17) is 4.74 Å². The van der Waals surface area contributed by atoms with Gasteiger partial charge < -0.3 is 4.74 Å². The van der Waals surface area contributed by atoms with Crippen molar-refractivity contribution in [2.75, 3.05) is 12.0 Å². The number of unbranched alkanes of at least 4 members (excludes halogenated alkanes) is 2. The fourth-order valence-electron chi connectivity index (χ4n) is 2.19. The Morgan fingerprint density at radius 3 is 2.64 bits per heavy atom. The third-order valence-electron chi connectivity index (χ3n) is 3.51. The van der Waals surface area contributed by atoms with Crippen LogP contribution in [0.3, 0.4) is 0 Å². The number of hydrazone groups is 1. The molecule has 0 atom stereocenters. The van der Waals surface area contributed by atoms with Crippen molar-refractivity contribution in [3.63, 3.8) is 0 Å². The molecular weight excluding hydrogens is 329 g/mol. The van der Waals surface area contributed by atoms with Crippen LogP contribution in [-0.4, -0.2) is 12.8 Å². The number of hydrogen-bond donors (Lipinski definition) is 1. The monoisotopic (exact) mass is 350 g/mol. The highest BCUT2D eigenvalue weighted by molar-refractivity contribution is 5.84. The van der Waals surface area contributed by atoms with Crippen molar-refractivity contribution < 1.29 is 17.9 Å². The maximum Gasteiger partial charge on any atom is 0.416 e. The second-order valence-electron chi connectivity index (χ2n) is 5.54. The summed E-state index contributed by atoms with van der Waals surface area (Å²) in [4.78, 5) is 0. The van der Waals surface area contributed by atoms with Gasteiger partial charge in [-0.2, -0.15) is 18.3 Å². The number of nitrogens with one attached hydrogen (secondary N) is 1. The number of para-hydroxylation sites is 1. The number of alkyl halides is 3. The molecule has 0 aliphatic heterocycles. The zero-order chi connectivity index (χ0) is 18.1. The lowest BCUT2D eigenvalue weighted by Crippen LogP contribution is -2.05. The Morgan fingerprint density at radius 2 is 1.88 bits per heavy atom. The molecule has 2 aromatic rings. The lowest BCUT2D eigenvalue weighted by Gasteiger charge is -2.09. The van der Waals surface area contributed by atoms with Gasteiger partial charge in [0, 0.05) is 5.56 Å². The normalized spacial score (nSPS) is 11.7. The summed E-state index contributed by atoms with van der Waals surface area (Å²) in [6.07, 6.45) is 0.362. The van der Waals surface area contributed by atoms with Crippen molar-refractivity contribution in [3.8, 4) is 5.75 Å². The maximum absolute atomic E-state index is 12.7. The van der Waals surface area contributed by atoms with Gasteiger partial charge in [0.25, 0.3) is 0 Å². The summed E-state index contributed by atoms with van der Waals surface area (Å²) in [5.74, 6) is 0.702. The average molecular weight is 350 g/mol. The minimum absolute atomic E-state index is 0.271. The van der Waals surface area contributed by atoms with Crippen LogP contribution in [0.1, 0.15) is 37.3 Å². The fraction of sp³-hybridized carbons (Fsp3) is 0.316. The van der Waals surface area contributed by atoms with E-state index in [1.807, 2.05) is 24.3 Å². The van der Waals surface area contributed by atoms with Gasteiger partial charge in [0.15, 0.2) is 0 Å². The lowest BCUT2D eigenvalue weighted by atomic mass is 10.2. The van der Waals surface area contributed by atoms with E-state index >= 15 is 0 Å². The molecular formula is C19H21F3N2O. The Hall–Kier alpha value is -2.50. The molecule has 0 spiro atoms. The van der Waals surface area contributed by atoms with Crippen LogP contribution in [0.2, 0.25) is 0 Å². The van der Waals surface area contributed by atoms with Crippen LogP contribution >= 0.6 is 0 Å². The van der Waals surface area contributed by atoms with E-state index in [9.17, 15) is 13.2 Å². The molecule has 0 saturated heterocycles. The molecule has 1 N–H and O–H groups in total. The summed E-state index contributed by atoms with van der Waals surface area (Å²) in [6.45, 7) is 2.75. The summed E-state index contributed by atoms with van der Waals surface area (Å²) >= 11 is 0. The van der Waals surface area contributed by atoms with Crippen LogP contribution < -0.4 is 10.2 Å². The first-order valence-corrected chi connectivity index (χ1v) is 8.19. The van der Waals surface area contributed by atoms with Gasteiger partial charge in [-0.05, 0) is 36.8 Å². The summed E-state index contributed by atoms with van der Waals surface area (Å²) < 4.78 is 43.8. The largest absolute Gasteiger partial charge is 0.493 e. The second kappa shape index (κ2) is 9.11. The summed E-state index contributed by atoms with van der Waals surface area (Å²) in [7, 11) is 0. The highest BCUT2D eigenvalue weighted by atomic mass is 19.4. The molecule has 3 nitrogen and oxygen atoms in total. The SMILES string of the molecule is CCCCCOc1ccccc1C=NNc1cccc(C(F)(F)F)c1. The average Bonchev–Trinajstić information content (AvgIpc) is 2.59. The van der Waals surface area contributed by atoms with Crippen molar-refractivity contribution in [2.45, 2.75) is 32.4 Å². The van der Waals surface area contributed by atoms with Gasteiger partial charge in [0.2, 0.25) is 0 Å². The lowest BCUT2D eigenvalue weighted by molar-refractivity contribution is -0.137. The van der Waals surface area contributed by atoms with Crippen LogP contribution in [0.4, 0.5) is 18.9 Å². The minimum Gasteiger partial charge on any atom is -0.493 e. The van der Waals surface area contributed by atoms with Gasteiger partial charge in [0.05, 0.1) is 24.1 Å². The molecule has 6 heteroatoms. The molecule has 25 heavy (non-hydrogen) atoms. The van der Waals surface area contributed by atoms with Gasteiger partial charge in [-0.25, -0.2) is 0 Å². The summed E-state index contributed by atoms with van der Waals surface area (Å²) in [5.41, 5.74) is 2.94. The summed E-state index contributed by atoms with van der Waals surface area (Å²) in [6, 6.07) is 12.3. The number of rotatable bonds is 8. The van der Waals surface area contributed by atoms with Crippen LogP contribution in [0.5, 0.6) is 5.75 Å². The first-order valence-electron chi connectivity index (χ1n) is 8.19. The van der Waals surface area contributed by atoms with Gasteiger partial charge in [0.1, 0.15) is 5.75 Å². The molecule has 0 aliphatic carbocycles. The highest BCUT2D eigenvalue weighted by Crippen LogP contribution is 2.30. The van der Waals surface area contributed by atoms with Crippen molar-refractivity contribution in [1.82, 2.24) is 0 Å². The van der Waals surface area contributed by atoms with Crippen molar-refractivity contribution in [2.24, 2.45) is 5.10 Å². The van der Waals surface area contributed by atoms with Gasteiger partial charge >= 0.3 is 6.18 Å². The molecule has 0 aliphatic rings. The molecule has 0 heterocycles. The first kappa shape index (κ1) is 18.8. The Kier molecular flexibility index (Phi) is 6.86. The molecule has 2 rings (SSSR count). The van der Waals surface area contributed by atoms with E-state index in [1.54, 1.807) is 0 Å². The predicted octanol–water partition coefficient (Wildman–Crippen LogP) is 5.72. The Morgan fingerprint density at radius 1 is 1.08 bits per heavy atom. The van der Waals surface area contributed by atoms with E-state index in [-0.39, 0.29) is 5.69 Å². The van der Waals surface area contributed by atoms with E-state index in [0.717, 1.165) is 37.0 Å². The second-order valence-corrected chi connectivity index (χ2v) is 5.54. The number of benzene rings is 2. The topological polar surface area (TPSA) is 33.6 Å². The van der Waals surface area contributed by atoms with Crippen LogP contribution in [-0.2, 0) is 6.18 Å². The Bertz CT molecular complexity index is 699. The third kappa shape index (κ3) is 6.14. The van der Waals surface area contributed by atoms with Crippen molar-refractivity contribution in [3.05, 3.63) is 59.7 Å². The number of anilines is 1. The van der Waals surface area contributed by atoms with Crippen LogP contribution in [0.15, 0.2) is 53.6 Å². The molecule has 134 valence electrons. The first-order chi connectivity index (χ1) is 12.0. The standard InChI is InChI=1S/C19H21F3N2O/c1-2-3-6-12-25-18-11-5-4-8-15(18)14-23-24-17-10-7-9-16(13-17)19(20,21)22/h4-5,7-11,13-14,24H,2-3,6,12H2,1H3. The molecule has 0 aromatic heterocycles. The molecule has 0 radical (unpaired) electrons. The third-order valence-corrected chi connectivity index (χ3v) is 3.51. The smallest absolute Gasteiger partial charge is 0.416 e. The molecule has 0 saturated carbocycles. The van der Waals surface area contributed by atoms with Gasteiger partial charge in [-0.1, -0.05) is 38.0 Å².